The largest absolute Gasteiger partial charge is 2.00 e. The van der Waals surface area contributed by atoms with Crippen molar-refractivity contribution in [3.05, 3.63) is 108 Å². The standard InChI is InChI=1S/2C18H22O4S.Ca/c2*1-2-3-4-5-8-15-9-6-7-10-18(15)22-16-11-13-17(14-12-16)23(19,20)21;/h2*6-7,9-14H,2-5,8H2,1H3,(H,19,20,21);/q;;+2/p-2. The minimum Gasteiger partial charge on any atom is -0.744 e. The van der Waals surface area contributed by atoms with Gasteiger partial charge in [-0.05, 0) is 97.5 Å². The third-order valence-electron chi connectivity index (χ3n) is 7.22. The summed E-state index contributed by atoms with van der Waals surface area (Å²) in [6.07, 6.45) is 11.4. The normalized spacial score (nSPS) is 11.1. The van der Waals surface area contributed by atoms with Gasteiger partial charge in [-0.1, -0.05) is 88.8 Å². The first-order chi connectivity index (χ1) is 22.0. The molecule has 0 fully saturated rings. The molecule has 0 aliphatic carbocycles. The van der Waals surface area contributed by atoms with E-state index < -0.39 is 20.2 Å². The zero-order chi connectivity index (χ0) is 33.4. The van der Waals surface area contributed by atoms with Crippen molar-refractivity contribution in [3.63, 3.8) is 0 Å². The maximum atomic E-state index is 10.9. The third-order valence-corrected chi connectivity index (χ3v) is 8.92. The van der Waals surface area contributed by atoms with Gasteiger partial charge >= 0.3 is 37.7 Å². The van der Waals surface area contributed by atoms with Gasteiger partial charge < -0.3 is 18.6 Å². The van der Waals surface area contributed by atoms with E-state index in [1.54, 1.807) is 0 Å². The molecule has 0 aliphatic heterocycles. The number of aryl methyl sites for hydroxylation is 2. The van der Waals surface area contributed by atoms with Crippen LogP contribution in [-0.2, 0) is 33.1 Å². The number of ether oxygens (including phenoxy) is 2. The summed E-state index contributed by atoms with van der Waals surface area (Å²) in [5.41, 5.74) is 2.26. The van der Waals surface area contributed by atoms with Crippen LogP contribution < -0.4 is 9.47 Å². The van der Waals surface area contributed by atoms with Crippen LogP contribution in [0.5, 0.6) is 23.0 Å². The van der Waals surface area contributed by atoms with E-state index in [0.717, 1.165) is 48.3 Å². The van der Waals surface area contributed by atoms with Crippen molar-refractivity contribution in [2.24, 2.45) is 0 Å². The molecule has 0 amide bonds. The third kappa shape index (κ3) is 14.7. The van der Waals surface area contributed by atoms with Gasteiger partial charge in [0.15, 0.2) is 0 Å². The summed E-state index contributed by atoms with van der Waals surface area (Å²) < 4.78 is 77.3. The van der Waals surface area contributed by atoms with Crippen molar-refractivity contribution in [1.29, 1.82) is 0 Å². The number of rotatable bonds is 16. The van der Waals surface area contributed by atoms with E-state index in [4.69, 9.17) is 9.47 Å². The minimum absolute atomic E-state index is 0. The van der Waals surface area contributed by atoms with Gasteiger partial charge in [0.25, 0.3) is 0 Å². The quantitative estimate of drug-likeness (QED) is 0.0643. The van der Waals surface area contributed by atoms with Gasteiger partial charge in [-0.15, -0.1) is 0 Å². The monoisotopic (exact) mass is 706 g/mol. The van der Waals surface area contributed by atoms with Crippen LogP contribution in [0.2, 0.25) is 0 Å². The zero-order valence-electron chi connectivity index (χ0n) is 27.1. The SMILES string of the molecule is CCCCCCc1ccccc1Oc1ccc(S(=O)(=O)[O-])cc1.CCCCCCc1ccccc1Oc1ccc(S(=O)(=O)[O-])cc1.[Ca+2]. The van der Waals surface area contributed by atoms with E-state index in [1.807, 2.05) is 48.5 Å². The number of hydrogen-bond donors (Lipinski definition) is 0. The van der Waals surface area contributed by atoms with E-state index in [-0.39, 0.29) is 47.5 Å². The summed E-state index contributed by atoms with van der Waals surface area (Å²) in [4.78, 5) is -0.504. The Balaban J connectivity index is 0.000000320. The molecule has 0 N–H and O–H groups in total. The molecule has 248 valence electrons. The fourth-order valence-electron chi connectivity index (χ4n) is 4.71. The van der Waals surface area contributed by atoms with Gasteiger partial charge in [0, 0.05) is 0 Å². The number of para-hydroxylation sites is 2. The predicted molar refractivity (Wildman–Crippen MR) is 183 cm³/mol. The Morgan fingerprint density at radius 2 is 0.830 bits per heavy atom. The van der Waals surface area contributed by atoms with Crippen LogP contribution >= 0.6 is 0 Å². The van der Waals surface area contributed by atoms with E-state index >= 15 is 0 Å². The van der Waals surface area contributed by atoms with E-state index in [0.29, 0.717) is 11.5 Å². The molecule has 47 heavy (non-hydrogen) atoms. The van der Waals surface area contributed by atoms with Crippen molar-refractivity contribution in [1.82, 2.24) is 0 Å². The summed E-state index contributed by atoms with van der Waals surface area (Å²) in [5.74, 6) is 2.56. The second-order valence-electron chi connectivity index (χ2n) is 10.9. The van der Waals surface area contributed by atoms with E-state index in [9.17, 15) is 25.9 Å². The Kier molecular flexibility index (Phi) is 18.0. The second-order valence-corrected chi connectivity index (χ2v) is 13.7. The number of hydrogen-bond acceptors (Lipinski definition) is 8. The Morgan fingerprint density at radius 1 is 0.489 bits per heavy atom. The number of unbranched alkanes of at least 4 members (excludes halogenated alkanes) is 6. The maximum absolute atomic E-state index is 10.9. The first-order valence-corrected chi connectivity index (χ1v) is 18.5. The van der Waals surface area contributed by atoms with Crippen molar-refractivity contribution < 1.29 is 35.4 Å². The average Bonchev–Trinajstić information content (AvgIpc) is 3.03. The molecule has 0 aliphatic rings. The minimum atomic E-state index is -4.42. The molecule has 0 saturated carbocycles. The Hall–Kier alpha value is -2.44. The molecule has 11 heteroatoms. The topological polar surface area (TPSA) is 133 Å². The fraction of sp³-hybridized carbons (Fsp3) is 0.333. The van der Waals surface area contributed by atoms with Crippen LogP contribution in [0.25, 0.3) is 0 Å². The molecule has 0 bridgehead atoms. The van der Waals surface area contributed by atoms with Gasteiger partial charge in [-0.3, -0.25) is 0 Å². The molecule has 0 radical (unpaired) electrons. The first-order valence-electron chi connectivity index (χ1n) is 15.6. The molecule has 0 heterocycles. The molecule has 4 aromatic carbocycles. The van der Waals surface area contributed by atoms with Crippen LogP contribution in [0.15, 0.2) is 107 Å². The molecule has 4 rings (SSSR count). The molecule has 0 atom stereocenters. The van der Waals surface area contributed by atoms with Crippen LogP contribution in [0.4, 0.5) is 0 Å². The summed E-state index contributed by atoms with van der Waals surface area (Å²) in [6.45, 7) is 4.37. The molecule has 4 aromatic rings. The first kappa shape index (κ1) is 40.7. The van der Waals surface area contributed by atoms with Crippen molar-refractivity contribution >= 4 is 58.0 Å². The summed E-state index contributed by atoms with van der Waals surface area (Å²) in [7, 11) is -8.85. The molecular weight excluding hydrogens is 665 g/mol. The fourth-order valence-corrected chi connectivity index (χ4v) is 5.65. The average molecular weight is 707 g/mol. The molecule has 0 aromatic heterocycles. The van der Waals surface area contributed by atoms with Gasteiger partial charge in [-0.25, -0.2) is 16.8 Å². The predicted octanol–water partition coefficient (Wildman–Crippen LogP) is 8.63. The Bertz CT molecular complexity index is 1580. The molecule has 0 saturated heterocycles. The second kappa shape index (κ2) is 20.8. The molecule has 0 spiro atoms. The summed E-state index contributed by atoms with van der Waals surface area (Å²) in [6, 6.07) is 26.7. The zero-order valence-corrected chi connectivity index (χ0v) is 30.9. The molecular formula is C36H42CaO8S2. The van der Waals surface area contributed by atoms with Crippen LogP contribution in [0.3, 0.4) is 0 Å². The van der Waals surface area contributed by atoms with Crippen molar-refractivity contribution in [2.75, 3.05) is 0 Å². The van der Waals surface area contributed by atoms with Crippen LogP contribution in [0, 0.1) is 0 Å². The Labute approximate surface area is 310 Å². The van der Waals surface area contributed by atoms with Crippen molar-refractivity contribution in [3.8, 4) is 23.0 Å². The maximum Gasteiger partial charge on any atom is 2.00 e. The number of benzene rings is 4. The Morgan fingerprint density at radius 3 is 1.15 bits per heavy atom. The van der Waals surface area contributed by atoms with Gasteiger partial charge in [-0.2, -0.15) is 0 Å². The van der Waals surface area contributed by atoms with Gasteiger partial charge in [0.2, 0.25) is 0 Å². The smallest absolute Gasteiger partial charge is 0.744 e. The molecule has 8 nitrogen and oxygen atoms in total. The van der Waals surface area contributed by atoms with Gasteiger partial charge in [0.05, 0.1) is 9.79 Å². The molecule has 0 unspecified atom stereocenters. The van der Waals surface area contributed by atoms with Crippen LogP contribution in [-0.4, -0.2) is 63.7 Å². The van der Waals surface area contributed by atoms with Crippen LogP contribution in [0.1, 0.15) is 76.3 Å². The van der Waals surface area contributed by atoms with E-state index in [2.05, 4.69) is 13.8 Å². The summed E-state index contributed by atoms with van der Waals surface area (Å²) in [5, 5.41) is 0. The summed E-state index contributed by atoms with van der Waals surface area (Å²) >= 11 is 0. The van der Waals surface area contributed by atoms with Crippen molar-refractivity contribution in [2.45, 2.75) is 87.8 Å². The van der Waals surface area contributed by atoms with Gasteiger partial charge in [0.1, 0.15) is 43.2 Å². The van der Waals surface area contributed by atoms with E-state index in [1.165, 1.54) is 87.1 Å².